The van der Waals surface area contributed by atoms with Crippen molar-refractivity contribution in [3.05, 3.63) is 23.3 Å². The largest absolute Gasteiger partial charge is 0.375 e. The van der Waals surface area contributed by atoms with Crippen molar-refractivity contribution >= 4 is 28.9 Å². The molecule has 2 aromatic rings. The number of nitrogens with one attached hydrogen (secondary N) is 1. The maximum absolute atomic E-state index is 5.52. The summed E-state index contributed by atoms with van der Waals surface area (Å²) in [6.07, 6.45) is 1.93. The quantitative estimate of drug-likeness (QED) is 0.768. The molecule has 0 aliphatic rings. The topological polar surface area (TPSA) is 54.7 Å². The molecule has 5 heteroatoms. The third kappa shape index (κ3) is 2.02. The van der Waals surface area contributed by atoms with Gasteiger partial charge in [-0.15, -0.1) is 23.7 Å². The summed E-state index contributed by atoms with van der Waals surface area (Å²) < 4.78 is 0. The molecule has 0 aromatic carbocycles. The van der Waals surface area contributed by atoms with Crippen molar-refractivity contribution in [3.63, 3.8) is 0 Å². The van der Waals surface area contributed by atoms with Gasteiger partial charge in [0.25, 0.3) is 0 Å². The molecule has 0 saturated heterocycles. The van der Waals surface area contributed by atoms with E-state index in [1.54, 1.807) is 0 Å². The first-order chi connectivity index (χ1) is 5.75. The van der Waals surface area contributed by atoms with Gasteiger partial charge in [-0.05, 0) is 13.0 Å². The van der Waals surface area contributed by atoms with E-state index >= 15 is 0 Å². The van der Waals surface area contributed by atoms with Gasteiger partial charge in [-0.1, -0.05) is 0 Å². The standard InChI is InChI=1S/C8H9N3S.ClH/c1-5-2-6(3-10-5)7-4-12-8(9)11-7;/h2-4,10H,1H3,(H2,9,11);1H. The molecule has 2 rings (SSSR count). The Morgan fingerprint density at radius 1 is 1.54 bits per heavy atom. The second kappa shape index (κ2) is 3.81. The van der Waals surface area contributed by atoms with Crippen molar-refractivity contribution in [2.75, 3.05) is 5.73 Å². The van der Waals surface area contributed by atoms with Crippen LogP contribution in [-0.2, 0) is 0 Å². The summed E-state index contributed by atoms with van der Waals surface area (Å²) in [7, 11) is 0. The van der Waals surface area contributed by atoms with Crippen molar-refractivity contribution in [2.45, 2.75) is 6.92 Å². The van der Waals surface area contributed by atoms with Crippen molar-refractivity contribution in [1.82, 2.24) is 9.97 Å². The zero-order valence-electron chi connectivity index (χ0n) is 7.07. The summed E-state index contributed by atoms with van der Waals surface area (Å²) >= 11 is 1.46. The van der Waals surface area contributed by atoms with Crippen LogP contribution in [0.4, 0.5) is 5.13 Å². The first-order valence-corrected chi connectivity index (χ1v) is 4.50. The van der Waals surface area contributed by atoms with E-state index in [4.69, 9.17) is 5.73 Å². The Morgan fingerprint density at radius 2 is 2.31 bits per heavy atom. The minimum atomic E-state index is 0. The minimum Gasteiger partial charge on any atom is -0.375 e. The summed E-state index contributed by atoms with van der Waals surface area (Å²) in [5.74, 6) is 0. The Kier molecular flexibility index (Phi) is 2.95. The van der Waals surface area contributed by atoms with Gasteiger partial charge in [-0.3, -0.25) is 0 Å². The third-order valence-corrected chi connectivity index (χ3v) is 2.32. The molecule has 13 heavy (non-hydrogen) atoms. The van der Waals surface area contributed by atoms with Crippen LogP contribution in [0.5, 0.6) is 0 Å². The number of aromatic amines is 1. The number of H-pyrrole nitrogens is 1. The number of aromatic nitrogens is 2. The Labute approximate surface area is 86.4 Å². The molecular formula is C8H10ClN3S. The number of rotatable bonds is 1. The normalized spacial score (nSPS) is 9.62. The highest BCUT2D eigenvalue weighted by molar-refractivity contribution is 7.13. The molecule has 0 spiro atoms. The molecule has 0 amide bonds. The Morgan fingerprint density at radius 3 is 2.77 bits per heavy atom. The van der Waals surface area contributed by atoms with E-state index in [0.717, 1.165) is 17.0 Å². The van der Waals surface area contributed by atoms with Crippen LogP contribution in [-0.4, -0.2) is 9.97 Å². The van der Waals surface area contributed by atoms with E-state index in [9.17, 15) is 0 Å². The van der Waals surface area contributed by atoms with E-state index in [2.05, 4.69) is 16.0 Å². The van der Waals surface area contributed by atoms with Crippen molar-refractivity contribution < 1.29 is 0 Å². The number of hydrogen-bond acceptors (Lipinski definition) is 3. The summed E-state index contributed by atoms with van der Waals surface area (Å²) in [4.78, 5) is 7.27. The monoisotopic (exact) mass is 215 g/mol. The van der Waals surface area contributed by atoms with Gasteiger partial charge in [0.05, 0.1) is 5.69 Å². The molecule has 0 fully saturated rings. The van der Waals surface area contributed by atoms with E-state index in [1.807, 2.05) is 18.5 Å². The van der Waals surface area contributed by atoms with Crippen LogP contribution in [0, 0.1) is 6.92 Å². The summed E-state index contributed by atoms with van der Waals surface area (Å²) in [5.41, 5.74) is 8.70. The van der Waals surface area contributed by atoms with E-state index in [-0.39, 0.29) is 12.4 Å². The fourth-order valence-electron chi connectivity index (χ4n) is 1.08. The summed E-state index contributed by atoms with van der Waals surface area (Å²) in [6, 6.07) is 2.05. The lowest BCUT2D eigenvalue weighted by Crippen LogP contribution is -1.81. The number of anilines is 1. The van der Waals surface area contributed by atoms with Gasteiger partial charge in [0.15, 0.2) is 5.13 Å². The first-order valence-electron chi connectivity index (χ1n) is 3.62. The van der Waals surface area contributed by atoms with Crippen molar-refractivity contribution in [1.29, 1.82) is 0 Å². The van der Waals surface area contributed by atoms with Crippen molar-refractivity contribution in [3.8, 4) is 11.3 Å². The average molecular weight is 216 g/mol. The molecular weight excluding hydrogens is 206 g/mol. The number of nitrogens with two attached hydrogens (primary N) is 1. The second-order valence-corrected chi connectivity index (χ2v) is 3.53. The molecule has 2 heterocycles. The lowest BCUT2D eigenvalue weighted by atomic mass is 10.2. The third-order valence-electron chi connectivity index (χ3n) is 1.65. The molecule has 0 atom stereocenters. The molecule has 0 unspecified atom stereocenters. The SMILES string of the molecule is Cc1cc(-c2csc(N)n2)c[nH]1.Cl. The lowest BCUT2D eigenvalue weighted by molar-refractivity contribution is 1.27. The number of aryl methyl sites for hydroxylation is 1. The Hall–Kier alpha value is -1.000. The summed E-state index contributed by atoms with van der Waals surface area (Å²) in [6.45, 7) is 2.01. The number of nitrogen functional groups attached to an aromatic ring is 1. The second-order valence-electron chi connectivity index (χ2n) is 2.64. The molecule has 0 saturated carbocycles. The van der Waals surface area contributed by atoms with Gasteiger partial charge in [0.2, 0.25) is 0 Å². The van der Waals surface area contributed by atoms with E-state index in [0.29, 0.717) is 5.13 Å². The number of nitrogens with zero attached hydrogens (tertiary/aromatic N) is 1. The van der Waals surface area contributed by atoms with Crippen LogP contribution in [0.15, 0.2) is 17.6 Å². The van der Waals surface area contributed by atoms with E-state index < -0.39 is 0 Å². The maximum Gasteiger partial charge on any atom is 0.180 e. The van der Waals surface area contributed by atoms with Crippen LogP contribution >= 0.6 is 23.7 Å². The van der Waals surface area contributed by atoms with Gasteiger partial charge in [-0.25, -0.2) is 4.98 Å². The predicted octanol–water partition coefficient (Wildman–Crippen LogP) is 2.45. The molecule has 3 N–H and O–H groups in total. The van der Waals surface area contributed by atoms with Gasteiger partial charge < -0.3 is 10.7 Å². The van der Waals surface area contributed by atoms with Gasteiger partial charge >= 0.3 is 0 Å². The molecule has 70 valence electrons. The number of halogens is 1. The fraction of sp³-hybridized carbons (Fsp3) is 0.125. The summed E-state index contributed by atoms with van der Waals surface area (Å²) in [5, 5.41) is 2.57. The number of hydrogen-bond donors (Lipinski definition) is 2. The molecule has 0 aliphatic heterocycles. The predicted molar refractivity (Wildman–Crippen MR) is 58.3 cm³/mol. The zero-order valence-corrected chi connectivity index (χ0v) is 8.71. The molecule has 0 aliphatic carbocycles. The smallest absolute Gasteiger partial charge is 0.180 e. The Bertz CT molecular complexity index is 355. The zero-order chi connectivity index (χ0) is 8.55. The van der Waals surface area contributed by atoms with Crippen LogP contribution < -0.4 is 5.73 Å². The highest BCUT2D eigenvalue weighted by Gasteiger charge is 2.02. The number of thiazole rings is 1. The van der Waals surface area contributed by atoms with Crippen LogP contribution in [0.25, 0.3) is 11.3 Å². The molecule has 2 aromatic heterocycles. The van der Waals surface area contributed by atoms with Crippen LogP contribution in [0.1, 0.15) is 5.69 Å². The molecule has 0 radical (unpaired) electrons. The van der Waals surface area contributed by atoms with Crippen molar-refractivity contribution in [2.24, 2.45) is 0 Å². The molecule has 0 bridgehead atoms. The highest BCUT2D eigenvalue weighted by Crippen LogP contribution is 2.23. The highest BCUT2D eigenvalue weighted by atomic mass is 35.5. The molecule has 3 nitrogen and oxygen atoms in total. The fourth-order valence-corrected chi connectivity index (χ4v) is 1.65. The first kappa shape index (κ1) is 10.1. The Balaban J connectivity index is 0.000000845. The van der Waals surface area contributed by atoms with Crippen LogP contribution in [0.2, 0.25) is 0 Å². The van der Waals surface area contributed by atoms with Crippen LogP contribution in [0.3, 0.4) is 0 Å². The maximum atomic E-state index is 5.52. The minimum absolute atomic E-state index is 0. The average Bonchev–Trinajstić information content (AvgIpc) is 2.58. The van der Waals surface area contributed by atoms with Gasteiger partial charge in [0.1, 0.15) is 0 Å². The van der Waals surface area contributed by atoms with Gasteiger partial charge in [0, 0.05) is 22.8 Å². The lowest BCUT2D eigenvalue weighted by Gasteiger charge is -1.85. The van der Waals surface area contributed by atoms with Gasteiger partial charge in [-0.2, -0.15) is 0 Å². The van der Waals surface area contributed by atoms with E-state index in [1.165, 1.54) is 11.3 Å².